The van der Waals surface area contributed by atoms with Crippen LogP contribution in [0.2, 0.25) is 5.02 Å². The molecule has 0 aliphatic rings. The molecular formula is C36H39ClFN3O5S. The number of carbonyl (C=O) groups is 2. The van der Waals surface area contributed by atoms with E-state index < -0.39 is 40.2 Å². The number of carbonyl (C=O) groups excluding carboxylic acids is 2. The summed E-state index contributed by atoms with van der Waals surface area (Å²) in [6.45, 7) is 5.08. The lowest BCUT2D eigenvalue weighted by atomic mass is 10.0. The van der Waals surface area contributed by atoms with Gasteiger partial charge in [0.25, 0.3) is 10.0 Å². The largest absolute Gasteiger partial charge is 0.494 e. The van der Waals surface area contributed by atoms with Crippen LogP contribution >= 0.6 is 11.6 Å². The average molecular weight is 680 g/mol. The summed E-state index contributed by atoms with van der Waals surface area (Å²) >= 11 is 6.05. The van der Waals surface area contributed by atoms with Crippen molar-refractivity contribution in [2.45, 2.75) is 57.1 Å². The predicted octanol–water partition coefficient (Wildman–Crippen LogP) is 6.63. The lowest BCUT2D eigenvalue weighted by molar-refractivity contribution is -0.140. The molecule has 4 rings (SSSR count). The summed E-state index contributed by atoms with van der Waals surface area (Å²) in [6.07, 6.45) is 0.770. The number of hydrogen-bond acceptors (Lipinski definition) is 5. The first-order valence-electron chi connectivity index (χ1n) is 15.4. The van der Waals surface area contributed by atoms with Crippen LogP contribution < -0.4 is 14.4 Å². The molecular weight excluding hydrogens is 641 g/mol. The van der Waals surface area contributed by atoms with Crippen LogP contribution in [-0.2, 0) is 32.6 Å². The van der Waals surface area contributed by atoms with Gasteiger partial charge in [-0.15, -0.1) is 0 Å². The minimum atomic E-state index is -4.32. The number of amides is 2. The molecule has 0 saturated heterocycles. The number of hydrogen-bond donors (Lipinski definition) is 1. The van der Waals surface area contributed by atoms with Crippen molar-refractivity contribution in [2.75, 3.05) is 17.5 Å². The maximum absolute atomic E-state index is 15.1. The van der Waals surface area contributed by atoms with Crippen LogP contribution in [0.1, 0.15) is 38.3 Å². The third-order valence-electron chi connectivity index (χ3n) is 7.69. The van der Waals surface area contributed by atoms with Gasteiger partial charge in [0.1, 0.15) is 24.2 Å². The highest BCUT2D eigenvalue weighted by atomic mass is 35.5. The summed E-state index contributed by atoms with van der Waals surface area (Å²) in [4.78, 5) is 29.6. The third kappa shape index (κ3) is 9.33. The van der Waals surface area contributed by atoms with Gasteiger partial charge in [0.15, 0.2) is 0 Å². The van der Waals surface area contributed by atoms with Crippen LogP contribution in [0, 0.1) is 5.82 Å². The molecule has 4 aromatic rings. The van der Waals surface area contributed by atoms with Gasteiger partial charge in [-0.3, -0.25) is 13.9 Å². The number of rotatable bonds is 15. The van der Waals surface area contributed by atoms with Gasteiger partial charge >= 0.3 is 0 Å². The summed E-state index contributed by atoms with van der Waals surface area (Å²) in [7, 11) is -4.32. The molecule has 4 aromatic carbocycles. The highest BCUT2D eigenvalue weighted by molar-refractivity contribution is 7.92. The SMILES string of the molecule is CCOc1ccc(N(CC(=O)N(Cc2ccccc2F)[C@@H](Cc2ccccc2)C(=O)N[C@@H](C)CC)S(=O)(=O)c2ccc(Cl)cc2)cc1. The van der Waals surface area contributed by atoms with E-state index >= 15 is 4.39 Å². The Bertz CT molecular complexity index is 1740. The zero-order chi connectivity index (χ0) is 34.0. The Kier molecular flexibility index (Phi) is 12.4. The van der Waals surface area contributed by atoms with Crippen molar-refractivity contribution in [2.24, 2.45) is 0 Å². The summed E-state index contributed by atoms with van der Waals surface area (Å²) in [5.74, 6) is -1.15. The Morgan fingerprint density at radius 3 is 2.15 bits per heavy atom. The molecule has 248 valence electrons. The van der Waals surface area contributed by atoms with Crippen LogP contribution in [0.25, 0.3) is 0 Å². The Hall–Kier alpha value is -4.41. The highest BCUT2D eigenvalue weighted by Crippen LogP contribution is 2.28. The van der Waals surface area contributed by atoms with Crippen molar-refractivity contribution in [3.8, 4) is 5.75 Å². The number of benzene rings is 4. The first-order chi connectivity index (χ1) is 22.5. The zero-order valence-corrected chi connectivity index (χ0v) is 28.2. The molecule has 11 heteroatoms. The van der Waals surface area contributed by atoms with Crippen molar-refractivity contribution in [3.05, 3.63) is 125 Å². The van der Waals surface area contributed by atoms with Gasteiger partial charge in [-0.05, 0) is 80.4 Å². The number of nitrogens with zero attached hydrogens (tertiary/aromatic N) is 2. The van der Waals surface area contributed by atoms with E-state index in [9.17, 15) is 18.0 Å². The molecule has 0 bridgehead atoms. The van der Waals surface area contributed by atoms with Gasteiger partial charge in [-0.2, -0.15) is 0 Å². The van der Waals surface area contributed by atoms with Crippen LogP contribution in [-0.4, -0.2) is 50.4 Å². The average Bonchev–Trinajstić information content (AvgIpc) is 3.07. The van der Waals surface area contributed by atoms with E-state index in [1.54, 1.807) is 30.3 Å². The second-order valence-electron chi connectivity index (χ2n) is 11.0. The molecule has 47 heavy (non-hydrogen) atoms. The van der Waals surface area contributed by atoms with Gasteiger partial charge in [0, 0.05) is 29.6 Å². The minimum absolute atomic E-state index is 0.0837. The molecule has 0 unspecified atom stereocenters. The van der Waals surface area contributed by atoms with Crippen molar-refractivity contribution in [1.29, 1.82) is 0 Å². The van der Waals surface area contributed by atoms with Gasteiger partial charge in [0.05, 0.1) is 17.2 Å². The van der Waals surface area contributed by atoms with E-state index in [-0.39, 0.29) is 35.2 Å². The van der Waals surface area contributed by atoms with Crippen LogP contribution in [0.15, 0.2) is 108 Å². The molecule has 1 N–H and O–H groups in total. The van der Waals surface area contributed by atoms with E-state index in [2.05, 4.69) is 5.32 Å². The number of halogens is 2. The van der Waals surface area contributed by atoms with E-state index in [4.69, 9.17) is 16.3 Å². The topological polar surface area (TPSA) is 96.0 Å². The molecule has 0 heterocycles. The fraction of sp³-hybridized carbons (Fsp3) is 0.278. The zero-order valence-electron chi connectivity index (χ0n) is 26.6. The van der Waals surface area contributed by atoms with E-state index in [0.29, 0.717) is 23.8 Å². The Morgan fingerprint density at radius 2 is 1.53 bits per heavy atom. The molecule has 0 spiro atoms. The number of ether oxygens (including phenoxy) is 1. The van der Waals surface area contributed by atoms with Crippen molar-refractivity contribution in [1.82, 2.24) is 10.2 Å². The first-order valence-corrected chi connectivity index (χ1v) is 17.2. The van der Waals surface area contributed by atoms with E-state index in [1.807, 2.05) is 51.1 Å². The Labute approximate surface area is 281 Å². The second-order valence-corrected chi connectivity index (χ2v) is 13.3. The third-order valence-corrected chi connectivity index (χ3v) is 9.73. The fourth-order valence-corrected chi connectivity index (χ4v) is 6.48. The molecule has 8 nitrogen and oxygen atoms in total. The number of anilines is 1. The van der Waals surface area contributed by atoms with Crippen LogP contribution in [0.4, 0.5) is 10.1 Å². The lowest BCUT2D eigenvalue weighted by Gasteiger charge is -2.34. The summed E-state index contributed by atoms with van der Waals surface area (Å²) in [5.41, 5.74) is 1.16. The molecule has 2 amide bonds. The monoisotopic (exact) mass is 679 g/mol. The maximum Gasteiger partial charge on any atom is 0.264 e. The van der Waals surface area contributed by atoms with E-state index in [1.165, 1.54) is 47.4 Å². The van der Waals surface area contributed by atoms with Gasteiger partial charge in [0.2, 0.25) is 11.8 Å². The van der Waals surface area contributed by atoms with Gasteiger partial charge in [-0.1, -0.05) is 67.1 Å². The Morgan fingerprint density at radius 1 is 0.894 bits per heavy atom. The molecule has 2 atom stereocenters. The lowest BCUT2D eigenvalue weighted by Crippen LogP contribution is -2.54. The molecule has 0 aliphatic heterocycles. The van der Waals surface area contributed by atoms with Crippen molar-refractivity contribution in [3.63, 3.8) is 0 Å². The summed E-state index contributed by atoms with van der Waals surface area (Å²) < 4.78 is 49.9. The van der Waals surface area contributed by atoms with Crippen LogP contribution in [0.3, 0.4) is 0 Å². The van der Waals surface area contributed by atoms with Crippen molar-refractivity contribution < 1.29 is 27.1 Å². The summed E-state index contributed by atoms with van der Waals surface area (Å²) in [5, 5.41) is 3.31. The van der Waals surface area contributed by atoms with E-state index in [0.717, 1.165) is 9.87 Å². The molecule has 0 aromatic heterocycles. The minimum Gasteiger partial charge on any atom is -0.494 e. The highest BCUT2D eigenvalue weighted by Gasteiger charge is 2.35. The quantitative estimate of drug-likeness (QED) is 0.152. The van der Waals surface area contributed by atoms with Gasteiger partial charge < -0.3 is 15.0 Å². The molecule has 0 radical (unpaired) electrons. The Balaban J connectivity index is 1.81. The normalized spacial score (nSPS) is 12.5. The summed E-state index contributed by atoms with van der Waals surface area (Å²) in [6, 6.07) is 25.8. The first kappa shape index (κ1) is 35.4. The van der Waals surface area contributed by atoms with Crippen LogP contribution in [0.5, 0.6) is 5.75 Å². The number of nitrogens with one attached hydrogen (secondary N) is 1. The van der Waals surface area contributed by atoms with Crippen molar-refractivity contribution >= 4 is 39.1 Å². The molecule has 0 aliphatic carbocycles. The molecule has 0 saturated carbocycles. The maximum atomic E-state index is 15.1. The number of sulfonamides is 1. The fourth-order valence-electron chi connectivity index (χ4n) is 4.94. The standard InChI is InChI=1S/C36H39ClFN3O5S/c1-4-26(3)39-36(43)34(23-27-11-7-6-8-12-27)40(24-28-13-9-10-14-33(28)38)35(42)25-41(30-17-19-31(20-18-30)46-5-2)47(44,45)32-21-15-29(37)16-22-32/h6-22,26,34H,4-5,23-25H2,1-3H3,(H,39,43)/t26-,34-/m0/s1. The smallest absolute Gasteiger partial charge is 0.264 e. The van der Waals surface area contributed by atoms with Gasteiger partial charge in [-0.25, -0.2) is 12.8 Å². The molecule has 0 fully saturated rings. The second kappa shape index (κ2) is 16.4. The predicted molar refractivity (Wildman–Crippen MR) is 182 cm³/mol.